The summed E-state index contributed by atoms with van der Waals surface area (Å²) in [5, 5.41) is 20.7. The summed E-state index contributed by atoms with van der Waals surface area (Å²) >= 11 is 3.44. The van der Waals surface area contributed by atoms with Gasteiger partial charge in [-0.1, -0.05) is 33.6 Å². The highest BCUT2D eigenvalue weighted by atomic mass is 79.9. The predicted molar refractivity (Wildman–Crippen MR) is 150 cm³/mol. The third-order valence-electron chi connectivity index (χ3n) is 8.52. The summed E-state index contributed by atoms with van der Waals surface area (Å²) in [6.45, 7) is 1.57. The number of carbonyl (C=O) groups excluding carboxylic acids is 4. The van der Waals surface area contributed by atoms with Crippen LogP contribution in [0.4, 0.5) is 5.69 Å². The third kappa shape index (κ3) is 4.00. The third-order valence-corrected chi connectivity index (χ3v) is 8.97. The number of carbonyl (C=O) groups is 5. The molecule has 0 spiro atoms. The number of ketones is 2. The summed E-state index contributed by atoms with van der Waals surface area (Å²) < 4.78 is 5.94. The van der Waals surface area contributed by atoms with Crippen LogP contribution in [0.2, 0.25) is 0 Å². The van der Waals surface area contributed by atoms with Crippen LogP contribution in [0.25, 0.3) is 0 Å². The highest BCUT2D eigenvalue weighted by Gasteiger charge is 2.57. The van der Waals surface area contributed by atoms with Crippen molar-refractivity contribution in [1.82, 2.24) is 0 Å². The lowest BCUT2D eigenvalue weighted by Gasteiger charge is -2.42. The molecule has 1 fully saturated rings. The molecule has 41 heavy (non-hydrogen) atoms. The molecule has 2 amide bonds. The van der Waals surface area contributed by atoms with Crippen LogP contribution in [0, 0.1) is 17.8 Å². The van der Waals surface area contributed by atoms with Gasteiger partial charge in [-0.25, -0.2) is 4.79 Å². The molecule has 4 aliphatic rings. The average molecular weight is 618 g/mol. The van der Waals surface area contributed by atoms with E-state index in [4.69, 9.17) is 4.74 Å². The first kappa shape index (κ1) is 26.9. The molecule has 0 aromatic heterocycles. The lowest BCUT2D eigenvalue weighted by molar-refractivity contribution is -0.123. The number of aromatic hydroxyl groups is 1. The fourth-order valence-electron chi connectivity index (χ4n) is 6.72. The number of nitrogens with zero attached hydrogens (tertiary/aromatic N) is 1. The van der Waals surface area contributed by atoms with Crippen molar-refractivity contribution < 1.29 is 38.9 Å². The van der Waals surface area contributed by atoms with Gasteiger partial charge in [0, 0.05) is 32.7 Å². The number of imide groups is 1. The van der Waals surface area contributed by atoms with Crippen LogP contribution in [-0.4, -0.2) is 46.7 Å². The number of amides is 2. The van der Waals surface area contributed by atoms with Crippen molar-refractivity contribution in [2.24, 2.45) is 17.8 Å². The quantitative estimate of drug-likeness (QED) is 0.291. The monoisotopic (exact) mass is 617 g/mol. The lowest BCUT2D eigenvalue weighted by Crippen LogP contribution is -2.39. The van der Waals surface area contributed by atoms with E-state index in [0.29, 0.717) is 15.6 Å². The first-order chi connectivity index (χ1) is 19.5. The van der Waals surface area contributed by atoms with E-state index >= 15 is 0 Å². The first-order valence-corrected chi connectivity index (χ1v) is 13.8. The van der Waals surface area contributed by atoms with Crippen LogP contribution < -0.4 is 9.64 Å². The van der Waals surface area contributed by atoms with E-state index < -0.39 is 41.5 Å². The van der Waals surface area contributed by atoms with E-state index in [1.165, 1.54) is 37.5 Å². The van der Waals surface area contributed by atoms with Gasteiger partial charge in [-0.3, -0.25) is 24.1 Å². The van der Waals surface area contributed by atoms with E-state index in [1.807, 2.05) is 6.08 Å². The standard InChI is InChI=1S/C31H24BrNO8/c1-13-8-22(34)20-12-19-17(24(26(20)27(13)35)21-10-15(32)11-23(41-2)28(21)36)6-7-18-25(19)30(38)33(29(18)37)16-5-3-4-14(9-16)31(39)40/h3-6,8-11,18-19,24-25,36H,7,12H2,1-2H3,(H,39,40). The SMILES string of the molecule is COc1cc(Br)cc(C2C3=CCC4C(=O)N(c5cccc(C(=O)O)c5)C(=O)C4C3CC3=C2C(=O)C(C)=CC3=O)c1O. The Morgan fingerprint density at radius 3 is 2.54 bits per heavy atom. The van der Waals surface area contributed by atoms with E-state index in [0.717, 1.165) is 4.90 Å². The molecule has 208 valence electrons. The topological polar surface area (TPSA) is 138 Å². The van der Waals surface area contributed by atoms with Crippen LogP contribution in [-0.2, 0) is 19.2 Å². The zero-order valence-electron chi connectivity index (χ0n) is 22.0. The number of fused-ring (bicyclic) bond motifs is 3. The number of ether oxygens (including phenoxy) is 1. The number of carboxylic acids is 1. The number of allylic oxidation sites excluding steroid dienone is 6. The molecule has 10 heteroatoms. The number of carboxylic acid groups (broad SMARTS) is 1. The zero-order valence-corrected chi connectivity index (χ0v) is 23.6. The Bertz CT molecular complexity index is 1700. The van der Waals surface area contributed by atoms with Crippen LogP contribution in [0.3, 0.4) is 0 Å². The highest BCUT2D eigenvalue weighted by molar-refractivity contribution is 9.10. The molecule has 0 saturated carbocycles. The van der Waals surface area contributed by atoms with Crippen molar-refractivity contribution in [3.63, 3.8) is 0 Å². The number of phenols is 1. The minimum atomic E-state index is -1.19. The lowest BCUT2D eigenvalue weighted by atomic mass is 9.59. The smallest absolute Gasteiger partial charge is 0.335 e. The second kappa shape index (κ2) is 9.66. The van der Waals surface area contributed by atoms with Crippen LogP contribution in [0.5, 0.6) is 11.5 Å². The Kier molecular flexibility index (Phi) is 6.33. The number of aromatic carboxylic acids is 1. The number of Topliss-reactive ketones (excluding diaryl/α,β-unsaturated/α-hetero) is 1. The summed E-state index contributed by atoms with van der Waals surface area (Å²) in [5.41, 5.74) is 1.93. The fraction of sp³-hybridized carbons (Fsp3) is 0.258. The molecule has 0 radical (unpaired) electrons. The van der Waals surface area contributed by atoms with Crippen LogP contribution in [0.15, 0.2) is 75.3 Å². The summed E-state index contributed by atoms with van der Waals surface area (Å²) in [6.07, 6.45) is 3.43. The molecule has 4 atom stereocenters. The summed E-state index contributed by atoms with van der Waals surface area (Å²) in [4.78, 5) is 67.1. The Labute approximate surface area is 242 Å². The largest absolute Gasteiger partial charge is 0.504 e. The maximum absolute atomic E-state index is 14.0. The highest BCUT2D eigenvalue weighted by Crippen LogP contribution is 2.57. The number of hydrogen-bond acceptors (Lipinski definition) is 7. The number of methoxy groups -OCH3 is 1. The van der Waals surface area contributed by atoms with E-state index in [2.05, 4.69) is 15.9 Å². The molecule has 1 aliphatic heterocycles. The maximum Gasteiger partial charge on any atom is 0.335 e. The molecule has 2 aromatic rings. The Hall–Kier alpha value is -4.31. The molecular formula is C31H24BrNO8. The van der Waals surface area contributed by atoms with Gasteiger partial charge in [0.05, 0.1) is 30.2 Å². The van der Waals surface area contributed by atoms with Crippen molar-refractivity contribution in [2.75, 3.05) is 12.0 Å². The maximum atomic E-state index is 14.0. The molecule has 1 heterocycles. The Morgan fingerprint density at radius 1 is 1.07 bits per heavy atom. The van der Waals surface area contributed by atoms with Gasteiger partial charge in [-0.2, -0.15) is 0 Å². The van der Waals surface area contributed by atoms with Crippen molar-refractivity contribution in [2.45, 2.75) is 25.7 Å². The molecule has 9 nitrogen and oxygen atoms in total. The van der Waals surface area contributed by atoms with Crippen molar-refractivity contribution in [1.29, 1.82) is 0 Å². The molecule has 0 bridgehead atoms. The van der Waals surface area contributed by atoms with Gasteiger partial charge in [0.15, 0.2) is 23.1 Å². The van der Waals surface area contributed by atoms with Gasteiger partial charge in [0.1, 0.15) is 0 Å². The second-order valence-corrected chi connectivity index (χ2v) is 11.6. The molecule has 6 rings (SSSR count). The van der Waals surface area contributed by atoms with Crippen molar-refractivity contribution in [3.05, 3.63) is 86.4 Å². The zero-order chi connectivity index (χ0) is 29.3. The predicted octanol–water partition coefficient (Wildman–Crippen LogP) is 4.50. The molecule has 3 aliphatic carbocycles. The van der Waals surface area contributed by atoms with Crippen molar-refractivity contribution >= 4 is 51.0 Å². The van der Waals surface area contributed by atoms with E-state index in [-0.39, 0.29) is 63.9 Å². The van der Waals surface area contributed by atoms with Gasteiger partial charge in [0.2, 0.25) is 11.8 Å². The van der Waals surface area contributed by atoms with Crippen LogP contribution in [0.1, 0.15) is 41.6 Å². The Balaban J connectivity index is 1.51. The fourth-order valence-corrected chi connectivity index (χ4v) is 7.17. The molecular weight excluding hydrogens is 594 g/mol. The van der Waals surface area contributed by atoms with E-state index in [9.17, 15) is 34.2 Å². The number of phenolic OH excluding ortho intramolecular Hbond substituents is 1. The Morgan fingerprint density at radius 2 is 1.83 bits per heavy atom. The number of benzene rings is 2. The molecule has 2 aromatic carbocycles. The summed E-state index contributed by atoms with van der Waals surface area (Å²) in [7, 11) is 1.41. The first-order valence-electron chi connectivity index (χ1n) is 13.0. The second-order valence-electron chi connectivity index (χ2n) is 10.6. The summed E-state index contributed by atoms with van der Waals surface area (Å²) in [5.74, 6) is -5.79. The van der Waals surface area contributed by atoms with Gasteiger partial charge in [-0.05, 0) is 62.1 Å². The van der Waals surface area contributed by atoms with Gasteiger partial charge < -0.3 is 14.9 Å². The van der Waals surface area contributed by atoms with Crippen LogP contribution >= 0.6 is 15.9 Å². The molecule has 2 N–H and O–H groups in total. The van der Waals surface area contributed by atoms with E-state index in [1.54, 1.807) is 19.1 Å². The minimum Gasteiger partial charge on any atom is -0.504 e. The van der Waals surface area contributed by atoms with Gasteiger partial charge in [0.25, 0.3) is 0 Å². The number of anilines is 1. The number of rotatable bonds is 4. The normalized spacial score (nSPS) is 25.4. The van der Waals surface area contributed by atoms with Crippen molar-refractivity contribution in [3.8, 4) is 11.5 Å². The minimum absolute atomic E-state index is 0.0585. The molecule has 4 unspecified atom stereocenters. The number of halogens is 1. The molecule has 1 saturated heterocycles. The summed E-state index contributed by atoms with van der Waals surface area (Å²) in [6, 6.07) is 8.91. The van der Waals surface area contributed by atoms with Gasteiger partial charge >= 0.3 is 5.97 Å². The average Bonchev–Trinajstić information content (AvgIpc) is 3.21. The number of hydrogen-bond donors (Lipinski definition) is 2. The van der Waals surface area contributed by atoms with Gasteiger partial charge in [-0.15, -0.1) is 0 Å².